The van der Waals surface area contributed by atoms with Crippen LogP contribution in [-0.2, 0) is 6.18 Å². The smallest absolute Gasteiger partial charge is 0.417 e. The molecule has 0 heterocycles. The fourth-order valence-corrected chi connectivity index (χ4v) is 2.04. The average Bonchev–Trinajstić information content (AvgIpc) is 2.48. The maximum Gasteiger partial charge on any atom is 0.417 e. The first kappa shape index (κ1) is 17.0. The van der Waals surface area contributed by atoms with Crippen molar-refractivity contribution in [3.63, 3.8) is 0 Å². The lowest BCUT2D eigenvalue weighted by Gasteiger charge is -2.12. The summed E-state index contributed by atoms with van der Waals surface area (Å²) < 4.78 is 43.3. The Hall–Kier alpha value is -2.41. The first-order valence-electron chi connectivity index (χ1n) is 6.38. The first-order chi connectivity index (χ1) is 10.8. The Balaban J connectivity index is 2.11. The van der Waals surface area contributed by atoms with E-state index < -0.39 is 22.8 Å². The molecule has 0 atom stereocenters. The maximum absolute atomic E-state index is 12.8. The summed E-state index contributed by atoms with van der Waals surface area (Å²) in [5.74, 6) is 0.536. The molecular weight excluding hydrogens is 333 g/mol. The van der Waals surface area contributed by atoms with Crippen LogP contribution in [0, 0.1) is 0 Å². The highest BCUT2D eigenvalue weighted by molar-refractivity contribution is 6.31. The van der Waals surface area contributed by atoms with Crippen molar-refractivity contribution in [1.29, 1.82) is 0 Å². The van der Waals surface area contributed by atoms with Crippen LogP contribution in [0.3, 0.4) is 0 Å². The summed E-state index contributed by atoms with van der Waals surface area (Å²) >= 11 is 5.52. The van der Waals surface area contributed by atoms with Gasteiger partial charge in [0.25, 0.3) is 0 Å². The zero-order valence-electron chi connectivity index (χ0n) is 11.9. The van der Waals surface area contributed by atoms with Crippen LogP contribution in [0.2, 0.25) is 5.02 Å². The Morgan fingerprint density at radius 1 is 1.09 bits per heavy atom. The van der Waals surface area contributed by atoms with Gasteiger partial charge in [-0.05, 0) is 30.3 Å². The SMILES string of the molecule is COc1cccc(NC(=O)Nc2ccc(Cl)c(C(F)(F)F)c2)c1. The van der Waals surface area contributed by atoms with Gasteiger partial charge in [0.15, 0.2) is 0 Å². The van der Waals surface area contributed by atoms with Gasteiger partial charge in [0.2, 0.25) is 0 Å². The molecule has 0 spiro atoms. The van der Waals surface area contributed by atoms with E-state index >= 15 is 0 Å². The van der Waals surface area contributed by atoms with Crippen LogP contribution in [0.5, 0.6) is 5.75 Å². The predicted molar refractivity (Wildman–Crippen MR) is 82.1 cm³/mol. The van der Waals surface area contributed by atoms with Crippen molar-refractivity contribution in [3.8, 4) is 5.75 Å². The van der Waals surface area contributed by atoms with Crippen LogP contribution in [0.4, 0.5) is 29.3 Å². The van der Waals surface area contributed by atoms with E-state index in [4.69, 9.17) is 16.3 Å². The number of hydrogen-bond donors (Lipinski definition) is 2. The molecule has 0 aliphatic heterocycles. The molecule has 0 saturated heterocycles. The molecule has 0 saturated carbocycles. The second-order valence-electron chi connectivity index (χ2n) is 4.50. The van der Waals surface area contributed by atoms with Gasteiger partial charge in [-0.15, -0.1) is 0 Å². The van der Waals surface area contributed by atoms with Gasteiger partial charge in [-0.25, -0.2) is 4.79 Å². The number of rotatable bonds is 3. The third kappa shape index (κ3) is 4.53. The van der Waals surface area contributed by atoms with Crippen LogP contribution in [-0.4, -0.2) is 13.1 Å². The molecule has 0 aliphatic rings. The van der Waals surface area contributed by atoms with E-state index in [1.54, 1.807) is 24.3 Å². The van der Waals surface area contributed by atoms with Crippen molar-refractivity contribution in [2.75, 3.05) is 17.7 Å². The van der Waals surface area contributed by atoms with Crippen molar-refractivity contribution < 1.29 is 22.7 Å². The van der Waals surface area contributed by atoms with Gasteiger partial charge in [-0.3, -0.25) is 0 Å². The van der Waals surface area contributed by atoms with E-state index in [-0.39, 0.29) is 5.69 Å². The van der Waals surface area contributed by atoms with Gasteiger partial charge < -0.3 is 15.4 Å². The van der Waals surface area contributed by atoms with Gasteiger partial charge in [-0.2, -0.15) is 13.2 Å². The Bertz CT molecular complexity index is 720. The molecule has 0 fully saturated rings. The van der Waals surface area contributed by atoms with Gasteiger partial charge in [-0.1, -0.05) is 17.7 Å². The number of alkyl halides is 3. The highest BCUT2D eigenvalue weighted by atomic mass is 35.5. The molecule has 23 heavy (non-hydrogen) atoms. The molecule has 2 aromatic rings. The van der Waals surface area contributed by atoms with Crippen molar-refractivity contribution in [1.82, 2.24) is 0 Å². The lowest BCUT2D eigenvalue weighted by molar-refractivity contribution is -0.137. The minimum absolute atomic E-state index is 0.0258. The molecule has 0 aromatic heterocycles. The molecule has 0 radical (unpaired) electrons. The van der Waals surface area contributed by atoms with Gasteiger partial charge in [0, 0.05) is 17.4 Å². The average molecular weight is 345 g/mol. The standard InChI is InChI=1S/C15H12ClF3N2O2/c1-23-11-4-2-3-9(7-11)20-14(22)21-10-5-6-13(16)12(8-10)15(17,18)19/h2-8H,1H3,(H2,20,21,22). The molecule has 2 rings (SSSR count). The topological polar surface area (TPSA) is 50.4 Å². The molecular formula is C15H12ClF3N2O2. The molecule has 0 bridgehead atoms. The van der Waals surface area contributed by atoms with Crippen LogP contribution >= 0.6 is 11.6 Å². The largest absolute Gasteiger partial charge is 0.497 e. The summed E-state index contributed by atoms with van der Waals surface area (Å²) in [7, 11) is 1.48. The number of ether oxygens (including phenoxy) is 1. The molecule has 2 aromatic carbocycles. The summed E-state index contributed by atoms with van der Waals surface area (Å²) in [5, 5.41) is 4.38. The second-order valence-corrected chi connectivity index (χ2v) is 4.91. The normalized spacial score (nSPS) is 11.0. The molecule has 8 heteroatoms. The maximum atomic E-state index is 12.8. The third-order valence-corrected chi connectivity index (χ3v) is 3.19. The van der Waals surface area contributed by atoms with Crippen molar-refractivity contribution >= 4 is 29.0 Å². The number of anilines is 2. The fraction of sp³-hybridized carbons (Fsp3) is 0.133. The summed E-state index contributed by atoms with van der Waals surface area (Å²) in [6.45, 7) is 0. The van der Waals surface area contributed by atoms with E-state index in [9.17, 15) is 18.0 Å². The number of halogens is 4. The Morgan fingerprint density at radius 3 is 2.35 bits per heavy atom. The van der Waals surface area contributed by atoms with Gasteiger partial charge >= 0.3 is 12.2 Å². The van der Waals surface area contributed by atoms with Crippen LogP contribution in [0.15, 0.2) is 42.5 Å². The van der Waals surface area contributed by atoms with Crippen LogP contribution < -0.4 is 15.4 Å². The third-order valence-electron chi connectivity index (χ3n) is 2.86. The summed E-state index contributed by atoms with van der Waals surface area (Å²) in [6, 6.07) is 8.99. The van der Waals surface area contributed by atoms with Gasteiger partial charge in [0.1, 0.15) is 5.75 Å². The molecule has 4 nitrogen and oxygen atoms in total. The number of methoxy groups -OCH3 is 1. The number of carbonyl (C=O) groups is 1. The highest BCUT2D eigenvalue weighted by Gasteiger charge is 2.33. The summed E-state index contributed by atoms with van der Waals surface area (Å²) in [4.78, 5) is 11.9. The number of urea groups is 1. The zero-order valence-corrected chi connectivity index (χ0v) is 12.6. The summed E-state index contributed by atoms with van der Waals surface area (Å²) in [6.07, 6.45) is -4.60. The summed E-state index contributed by atoms with van der Waals surface area (Å²) in [5.41, 5.74) is -0.604. The number of benzene rings is 2. The monoisotopic (exact) mass is 344 g/mol. The van der Waals surface area contributed by atoms with Gasteiger partial charge in [0.05, 0.1) is 17.7 Å². The molecule has 2 N–H and O–H groups in total. The Labute approximate surface area is 135 Å². The number of hydrogen-bond acceptors (Lipinski definition) is 2. The fourth-order valence-electron chi connectivity index (χ4n) is 1.81. The zero-order chi connectivity index (χ0) is 17.0. The number of amides is 2. The van der Waals surface area contributed by atoms with E-state index in [1.165, 1.54) is 13.2 Å². The Morgan fingerprint density at radius 2 is 1.74 bits per heavy atom. The minimum atomic E-state index is -4.60. The van der Waals surface area contributed by atoms with Crippen molar-refractivity contribution in [2.45, 2.75) is 6.18 Å². The minimum Gasteiger partial charge on any atom is -0.497 e. The van der Waals surface area contributed by atoms with Crippen LogP contribution in [0.25, 0.3) is 0 Å². The predicted octanol–water partition coefficient (Wildman–Crippen LogP) is 5.01. The van der Waals surface area contributed by atoms with E-state index in [1.807, 2.05) is 0 Å². The quantitative estimate of drug-likeness (QED) is 0.822. The first-order valence-corrected chi connectivity index (χ1v) is 6.76. The lowest BCUT2D eigenvalue weighted by Crippen LogP contribution is -2.20. The van der Waals surface area contributed by atoms with E-state index in [2.05, 4.69) is 10.6 Å². The Kier molecular flexibility index (Phi) is 5.00. The lowest BCUT2D eigenvalue weighted by atomic mass is 10.2. The van der Waals surface area contributed by atoms with Crippen molar-refractivity contribution in [2.24, 2.45) is 0 Å². The number of nitrogens with one attached hydrogen (secondary N) is 2. The number of carbonyl (C=O) groups excluding carboxylic acids is 1. The van der Waals surface area contributed by atoms with Crippen molar-refractivity contribution in [3.05, 3.63) is 53.1 Å². The molecule has 0 aliphatic carbocycles. The second kappa shape index (κ2) is 6.78. The molecule has 2 amide bonds. The van der Waals surface area contributed by atoms with E-state index in [0.717, 1.165) is 12.1 Å². The molecule has 0 unspecified atom stereocenters. The van der Waals surface area contributed by atoms with Crippen LogP contribution in [0.1, 0.15) is 5.56 Å². The molecule has 122 valence electrons. The van der Waals surface area contributed by atoms with E-state index in [0.29, 0.717) is 11.4 Å². The highest BCUT2D eigenvalue weighted by Crippen LogP contribution is 2.36.